The average Bonchev–Trinajstić information content (AvgIpc) is 2.97. The summed E-state index contributed by atoms with van der Waals surface area (Å²) >= 11 is 0. The van der Waals surface area contributed by atoms with E-state index in [-0.39, 0.29) is 12.0 Å². The van der Waals surface area contributed by atoms with Crippen LogP contribution in [0, 0.1) is 5.92 Å². The largest absolute Gasteiger partial charge is 0.458 e. The number of carbonyl (C=O) groups excluding carboxylic acids is 2. The summed E-state index contributed by atoms with van der Waals surface area (Å²) in [5.41, 5.74) is 1.73. The van der Waals surface area contributed by atoms with Gasteiger partial charge in [0.25, 0.3) is 0 Å². The van der Waals surface area contributed by atoms with E-state index in [1.54, 1.807) is 6.08 Å². The van der Waals surface area contributed by atoms with Crippen molar-refractivity contribution < 1.29 is 44.2 Å². The van der Waals surface area contributed by atoms with Gasteiger partial charge in [-0.05, 0) is 26.2 Å². The third kappa shape index (κ3) is 4.65. The number of ether oxygens (including phenoxy) is 3. The predicted octanol–water partition coefficient (Wildman–Crippen LogP) is -0.126. The molecule has 2 heterocycles. The summed E-state index contributed by atoms with van der Waals surface area (Å²) in [4.78, 5) is 24.7. The Morgan fingerprint density at radius 3 is 2.67 bits per heavy atom. The highest BCUT2D eigenvalue weighted by molar-refractivity contribution is 5.91. The van der Waals surface area contributed by atoms with Crippen LogP contribution in [0.15, 0.2) is 35.5 Å². The Hall–Kier alpha value is -2.04. The fraction of sp³-hybridized carbons (Fsp3) is 0.619. The van der Waals surface area contributed by atoms with Gasteiger partial charge in [-0.3, -0.25) is 0 Å². The molecule has 2 saturated heterocycles. The van der Waals surface area contributed by atoms with Crippen LogP contribution in [0.3, 0.4) is 0 Å². The van der Waals surface area contributed by atoms with Gasteiger partial charge >= 0.3 is 11.9 Å². The molecule has 4 N–H and O–H groups in total. The van der Waals surface area contributed by atoms with Gasteiger partial charge in [-0.2, -0.15) is 0 Å². The van der Waals surface area contributed by atoms with E-state index in [0.717, 1.165) is 5.57 Å². The number of rotatable bonds is 3. The van der Waals surface area contributed by atoms with Gasteiger partial charge in [0.15, 0.2) is 0 Å². The first-order valence-electron chi connectivity index (χ1n) is 9.98. The van der Waals surface area contributed by atoms with Crippen molar-refractivity contribution in [2.75, 3.05) is 6.61 Å². The zero-order chi connectivity index (χ0) is 22.0. The first-order chi connectivity index (χ1) is 14.2. The maximum atomic E-state index is 12.7. The predicted molar refractivity (Wildman–Crippen MR) is 103 cm³/mol. The average molecular weight is 424 g/mol. The summed E-state index contributed by atoms with van der Waals surface area (Å²) in [6, 6.07) is 0. The van der Waals surface area contributed by atoms with Gasteiger partial charge in [-0.25, -0.2) is 9.59 Å². The van der Waals surface area contributed by atoms with Crippen LogP contribution in [0.4, 0.5) is 0 Å². The lowest BCUT2D eigenvalue weighted by molar-refractivity contribution is -0.291. The summed E-state index contributed by atoms with van der Waals surface area (Å²) in [5, 5.41) is 39.1. The Kier molecular flexibility index (Phi) is 7.10. The van der Waals surface area contributed by atoms with Crippen molar-refractivity contribution in [2.45, 2.75) is 69.4 Å². The summed E-state index contributed by atoms with van der Waals surface area (Å²) < 4.78 is 15.9. The van der Waals surface area contributed by atoms with Gasteiger partial charge in [-0.15, -0.1) is 0 Å². The van der Waals surface area contributed by atoms with Gasteiger partial charge in [0.05, 0.1) is 6.61 Å². The highest BCUT2D eigenvalue weighted by atomic mass is 16.7. The summed E-state index contributed by atoms with van der Waals surface area (Å²) in [5.74, 6) is -1.44. The molecule has 2 aliphatic heterocycles. The first kappa shape index (κ1) is 22.6. The third-order valence-electron chi connectivity index (χ3n) is 5.80. The van der Waals surface area contributed by atoms with Crippen LogP contribution in [-0.4, -0.2) is 75.8 Å². The molecule has 2 fully saturated rings. The fourth-order valence-electron chi connectivity index (χ4n) is 3.93. The quantitative estimate of drug-likeness (QED) is 0.277. The summed E-state index contributed by atoms with van der Waals surface area (Å²) in [6.45, 7) is 5.12. The molecule has 30 heavy (non-hydrogen) atoms. The number of allylic oxidation sites excluding steroid dienone is 2. The van der Waals surface area contributed by atoms with Gasteiger partial charge in [0, 0.05) is 23.5 Å². The Morgan fingerprint density at radius 1 is 1.23 bits per heavy atom. The highest BCUT2D eigenvalue weighted by Crippen LogP contribution is 2.35. The van der Waals surface area contributed by atoms with Crippen LogP contribution in [0.25, 0.3) is 0 Å². The number of fused-ring (bicyclic) bond motifs is 1. The molecule has 0 aromatic carbocycles. The van der Waals surface area contributed by atoms with Crippen molar-refractivity contribution in [3.05, 3.63) is 35.5 Å². The molecule has 3 rings (SSSR count). The van der Waals surface area contributed by atoms with E-state index in [2.05, 4.69) is 6.58 Å². The number of aliphatic hydroxyl groups excluding tert-OH is 4. The van der Waals surface area contributed by atoms with Crippen LogP contribution >= 0.6 is 0 Å². The standard InChI is InChI=1S/C21H28O9/c1-10-4-3-5-12(6-7-13-11(2)19(26)28-14(13)8-10)20(27)30-21-18(25)17(24)16(23)15(9-22)29-21/h4,6,13-18,21-25H,2-3,5,7-9H2,1H3/b10-4+,12-6-/t13-,14+,15-,16+,17+,18+,21+/m0/s1. The number of hydrogen-bond donors (Lipinski definition) is 4. The molecule has 9 nitrogen and oxygen atoms in total. The van der Waals surface area contributed by atoms with E-state index in [1.807, 2.05) is 13.0 Å². The fourth-order valence-corrected chi connectivity index (χ4v) is 3.93. The topological polar surface area (TPSA) is 143 Å². The number of esters is 2. The molecule has 7 atom stereocenters. The highest BCUT2D eigenvalue weighted by Gasteiger charge is 2.45. The van der Waals surface area contributed by atoms with Gasteiger partial charge in [-0.1, -0.05) is 24.3 Å². The van der Waals surface area contributed by atoms with E-state index < -0.39 is 49.3 Å². The van der Waals surface area contributed by atoms with Crippen LogP contribution in [0.5, 0.6) is 0 Å². The van der Waals surface area contributed by atoms with Crippen molar-refractivity contribution in [3.8, 4) is 0 Å². The zero-order valence-electron chi connectivity index (χ0n) is 16.8. The van der Waals surface area contributed by atoms with Crippen molar-refractivity contribution in [1.82, 2.24) is 0 Å². The molecular weight excluding hydrogens is 396 g/mol. The molecule has 0 saturated carbocycles. The van der Waals surface area contributed by atoms with E-state index in [4.69, 9.17) is 14.2 Å². The minimum atomic E-state index is -1.67. The molecule has 0 bridgehead atoms. The molecule has 3 aliphatic rings. The normalized spacial score (nSPS) is 41.0. The van der Waals surface area contributed by atoms with E-state index in [1.165, 1.54) is 0 Å². The van der Waals surface area contributed by atoms with Gasteiger partial charge in [0.2, 0.25) is 6.29 Å². The molecule has 0 aromatic rings. The molecule has 1 aliphatic carbocycles. The maximum absolute atomic E-state index is 12.7. The van der Waals surface area contributed by atoms with Crippen molar-refractivity contribution in [1.29, 1.82) is 0 Å². The zero-order valence-corrected chi connectivity index (χ0v) is 16.8. The van der Waals surface area contributed by atoms with E-state index in [0.29, 0.717) is 36.8 Å². The SMILES string of the molecule is C=C1C(=O)O[C@@H]2C/C(C)=C/CC/C(C(=O)O[C@H]3O[C@@H](CO)[C@@H](O)[C@@H](O)[C@H]3O)=C/C[C@@H]12. The molecule has 9 heteroatoms. The van der Waals surface area contributed by atoms with Crippen LogP contribution < -0.4 is 0 Å². The smallest absolute Gasteiger partial charge is 0.336 e. The lowest BCUT2D eigenvalue weighted by Crippen LogP contribution is -2.59. The lowest BCUT2D eigenvalue weighted by Gasteiger charge is -2.39. The Labute approximate surface area is 174 Å². The number of aliphatic hydroxyl groups is 4. The van der Waals surface area contributed by atoms with Crippen LogP contribution in [-0.2, 0) is 23.8 Å². The Balaban J connectivity index is 1.75. The first-order valence-corrected chi connectivity index (χ1v) is 9.98. The minimum Gasteiger partial charge on any atom is -0.458 e. The van der Waals surface area contributed by atoms with Crippen LogP contribution in [0.1, 0.15) is 32.6 Å². The molecule has 166 valence electrons. The molecule has 0 amide bonds. The van der Waals surface area contributed by atoms with Crippen LogP contribution in [0.2, 0.25) is 0 Å². The molecule has 0 unspecified atom stereocenters. The van der Waals surface area contributed by atoms with Crippen molar-refractivity contribution in [3.63, 3.8) is 0 Å². The monoisotopic (exact) mass is 424 g/mol. The minimum absolute atomic E-state index is 0.256. The summed E-state index contributed by atoms with van der Waals surface area (Å²) in [7, 11) is 0. The molecule has 0 radical (unpaired) electrons. The second kappa shape index (κ2) is 9.40. The summed E-state index contributed by atoms with van der Waals surface area (Å²) in [6.07, 6.45) is -2.35. The Morgan fingerprint density at radius 2 is 1.97 bits per heavy atom. The number of hydrogen-bond acceptors (Lipinski definition) is 9. The van der Waals surface area contributed by atoms with Gasteiger partial charge in [0.1, 0.15) is 30.5 Å². The molecule has 0 aromatic heterocycles. The second-order valence-electron chi connectivity index (χ2n) is 7.94. The maximum Gasteiger partial charge on any atom is 0.336 e. The second-order valence-corrected chi connectivity index (χ2v) is 7.94. The molecule has 0 spiro atoms. The molecular formula is C21H28O9. The number of carbonyl (C=O) groups is 2. The van der Waals surface area contributed by atoms with E-state index in [9.17, 15) is 30.0 Å². The van der Waals surface area contributed by atoms with Crippen molar-refractivity contribution in [2.24, 2.45) is 5.92 Å². The lowest BCUT2D eigenvalue weighted by atomic mass is 9.88. The van der Waals surface area contributed by atoms with Gasteiger partial charge < -0.3 is 34.6 Å². The Bertz CT molecular complexity index is 754. The third-order valence-corrected chi connectivity index (χ3v) is 5.80. The van der Waals surface area contributed by atoms with E-state index >= 15 is 0 Å². The van der Waals surface area contributed by atoms with Crippen molar-refractivity contribution >= 4 is 11.9 Å².